The highest BCUT2D eigenvalue weighted by Gasteiger charge is 2.13. The molecular weight excluding hydrogens is 304 g/mol. The summed E-state index contributed by atoms with van der Waals surface area (Å²) in [5.74, 6) is -0.381. The van der Waals surface area contributed by atoms with E-state index in [9.17, 15) is 14.9 Å². The molecule has 0 atom stereocenters. The lowest BCUT2D eigenvalue weighted by molar-refractivity contribution is -0.384. The first-order valence-corrected chi connectivity index (χ1v) is 7.16. The van der Waals surface area contributed by atoms with Crippen molar-refractivity contribution in [2.45, 2.75) is 0 Å². The molecule has 1 aromatic heterocycles. The molecule has 8 heteroatoms. The van der Waals surface area contributed by atoms with Gasteiger partial charge < -0.3 is 0 Å². The summed E-state index contributed by atoms with van der Waals surface area (Å²) in [5.41, 5.74) is 8.13. The fraction of sp³-hybridized carbons (Fsp3) is 0. The summed E-state index contributed by atoms with van der Waals surface area (Å²) in [4.78, 5) is 26.6. The molecule has 0 fully saturated rings. The minimum Gasteiger partial charge on any atom is -0.292 e. The molecule has 0 spiro atoms. The van der Waals surface area contributed by atoms with Crippen molar-refractivity contribution < 1.29 is 9.72 Å². The van der Waals surface area contributed by atoms with Gasteiger partial charge in [-0.3, -0.25) is 25.8 Å². The number of hydrogen-bond acceptors (Lipinski definition) is 6. The average molecular weight is 314 g/mol. The molecule has 0 radical (unpaired) electrons. The van der Waals surface area contributed by atoms with Crippen molar-refractivity contribution in [3.63, 3.8) is 0 Å². The van der Waals surface area contributed by atoms with Crippen LogP contribution in [-0.4, -0.2) is 15.8 Å². The van der Waals surface area contributed by atoms with Gasteiger partial charge in [0.25, 0.3) is 11.6 Å². The van der Waals surface area contributed by atoms with Crippen molar-refractivity contribution in [2.75, 3.05) is 5.43 Å². The number of thiazole rings is 1. The van der Waals surface area contributed by atoms with E-state index in [1.54, 1.807) is 35.8 Å². The number of anilines is 1. The van der Waals surface area contributed by atoms with Gasteiger partial charge in [-0.15, -0.1) is 11.3 Å². The molecule has 0 saturated carbocycles. The van der Waals surface area contributed by atoms with Gasteiger partial charge in [-0.1, -0.05) is 12.1 Å². The number of benzene rings is 2. The number of hydrogen-bond donors (Lipinski definition) is 2. The zero-order chi connectivity index (χ0) is 15.5. The highest BCUT2D eigenvalue weighted by molar-refractivity contribution is 7.16. The van der Waals surface area contributed by atoms with Gasteiger partial charge in [-0.25, -0.2) is 4.98 Å². The van der Waals surface area contributed by atoms with Crippen LogP contribution in [0.4, 0.5) is 11.4 Å². The number of nitrogens with one attached hydrogen (secondary N) is 2. The maximum Gasteiger partial charge on any atom is 0.294 e. The maximum absolute atomic E-state index is 12.1. The molecule has 0 bridgehead atoms. The molecule has 0 aliphatic carbocycles. The lowest BCUT2D eigenvalue weighted by atomic mass is 10.2. The van der Waals surface area contributed by atoms with E-state index in [0.717, 1.165) is 10.2 Å². The van der Waals surface area contributed by atoms with Gasteiger partial charge in [0.05, 0.1) is 20.7 Å². The van der Waals surface area contributed by atoms with Crippen LogP contribution in [0.3, 0.4) is 0 Å². The van der Waals surface area contributed by atoms with Gasteiger partial charge in [-0.2, -0.15) is 0 Å². The molecule has 1 amide bonds. The predicted octanol–water partition coefficient (Wildman–Crippen LogP) is 2.96. The van der Waals surface area contributed by atoms with Crippen LogP contribution in [0.5, 0.6) is 0 Å². The number of aromatic nitrogens is 1. The second-order valence-corrected chi connectivity index (χ2v) is 5.27. The highest BCUT2D eigenvalue weighted by atomic mass is 32.1. The van der Waals surface area contributed by atoms with Crippen LogP contribution in [0.15, 0.2) is 48.0 Å². The van der Waals surface area contributed by atoms with Crippen LogP contribution in [-0.2, 0) is 0 Å². The van der Waals surface area contributed by atoms with Gasteiger partial charge in [-0.05, 0) is 24.3 Å². The Labute approximate surface area is 128 Å². The van der Waals surface area contributed by atoms with E-state index >= 15 is 0 Å². The van der Waals surface area contributed by atoms with Gasteiger partial charge in [0.15, 0.2) is 0 Å². The second kappa shape index (κ2) is 5.78. The number of carbonyl (C=O) groups is 1. The van der Waals surface area contributed by atoms with E-state index in [0.29, 0.717) is 5.56 Å². The zero-order valence-electron chi connectivity index (χ0n) is 11.1. The monoisotopic (exact) mass is 314 g/mol. The van der Waals surface area contributed by atoms with Crippen molar-refractivity contribution in [1.82, 2.24) is 10.4 Å². The minimum atomic E-state index is -0.516. The molecular formula is C14H10N4O3S. The third-order valence-corrected chi connectivity index (χ3v) is 3.80. The molecule has 22 heavy (non-hydrogen) atoms. The van der Waals surface area contributed by atoms with Crippen molar-refractivity contribution in [3.05, 3.63) is 63.7 Å². The Bertz CT molecular complexity index is 862. The molecule has 7 nitrogen and oxygen atoms in total. The largest absolute Gasteiger partial charge is 0.294 e. The highest BCUT2D eigenvalue weighted by Crippen LogP contribution is 2.22. The van der Waals surface area contributed by atoms with Gasteiger partial charge in [0.2, 0.25) is 0 Å². The number of hydrazine groups is 1. The van der Waals surface area contributed by atoms with Crippen LogP contribution in [0.1, 0.15) is 10.4 Å². The van der Waals surface area contributed by atoms with E-state index in [4.69, 9.17) is 0 Å². The fourth-order valence-corrected chi connectivity index (χ4v) is 2.65. The van der Waals surface area contributed by atoms with Gasteiger partial charge >= 0.3 is 0 Å². The number of nitro benzene ring substituents is 1. The van der Waals surface area contributed by atoms with Crippen molar-refractivity contribution in [3.8, 4) is 0 Å². The number of rotatable bonds is 4. The third kappa shape index (κ3) is 2.72. The molecule has 0 unspecified atom stereocenters. The normalized spacial score (nSPS) is 10.4. The van der Waals surface area contributed by atoms with E-state index in [2.05, 4.69) is 15.8 Å². The first-order chi connectivity index (χ1) is 10.6. The molecule has 2 N–H and O–H groups in total. The Kier molecular flexibility index (Phi) is 3.67. The molecule has 0 aliphatic heterocycles. The summed E-state index contributed by atoms with van der Waals surface area (Å²) in [5, 5.41) is 10.9. The summed E-state index contributed by atoms with van der Waals surface area (Å²) in [6.07, 6.45) is 0. The molecule has 1 heterocycles. The lowest BCUT2D eigenvalue weighted by Gasteiger charge is -2.08. The lowest BCUT2D eigenvalue weighted by Crippen LogP contribution is -2.29. The summed E-state index contributed by atoms with van der Waals surface area (Å²) in [6, 6.07) is 11.2. The summed E-state index contributed by atoms with van der Waals surface area (Å²) < 4.78 is 0.901. The van der Waals surface area contributed by atoms with Gasteiger partial charge in [0, 0.05) is 11.6 Å². The minimum absolute atomic E-state index is 0.110. The third-order valence-electron chi connectivity index (χ3n) is 3.00. The van der Waals surface area contributed by atoms with Crippen LogP contribution >= 0.6 is 11.3 Å². The summed E-state index contributed by atoms with van der Waals surface area (Å²) in [6.45, 7) is 0. The van der Waals surface area contributed by atoms with E-state index in [1.165, 1.54) is 23.5 Å². The summed E-state index contributed by atoms with van der Waals surface area (Å²) in [7, 11) is 0. The Balaban J connectivity index is 1.76. The van der Waals surface area contributed by atoms with E-state index in [1.807, 2.05) is 0 Å². The van der Waals surface area contributed by atoms with Crippen molar-refractivity contribution in [2.24, 2.45) is 0 Å². The second-order valence-electron chi connectivity index (χ2n) is 4.39. The summed E-state index contributed by atoms with van der Waals surface area (Å²) >= 11 is 1.44. The number of para-hydroxylation sites is 2. The standard InChI is InChI=1S/C14H10N4O3S/c19-14(9-5-6-11-13(7-9)22-8-15-11)17-16-10-3-1-2-4-12(10)18(20)21/h1-8,16H,(H,17,19). The quantitative estimate of drug-likeness (QED) is 0.570. The predicted molar refractivity (Wildman–Crippen MR) is 83.8 cm³/mol. The topological polar surface area (TPSA) is 97.2 Å². The number of carbonyl (C=O) groups excluding carboxylic acids is 1. The molecule has 110 valence electrons. The first-order valence-electron chi connectivity index (χ1n) is 6.28. The SMILES string of the molecule is O=C(NNc1ccccc1[N+](=O)[O-])c1ccc2ncsc2c1. The smallest absolute Gasteiger partial charge is 0.292 e. The number of fused-ring (bicyclic) bond motifs is 1. The maximum atomic E-state index is 12.1. The van der Waals surface area contributed by atoms with E-state index < -0.39 is 4.92 Å². The van der Waals surface area contributed by atoms with Crippen LogP contribution in [0.2, 0.25) is 0 Å². The van der Waals surface area contributed by atoms with Crippen LogP contribution in [0, 0.1) is 10.1 Å². The Morgan fingerprint density at radius 3 is 2.86 bits per heavy atom. The Hall–Kier alpha value is -3.00. The first kappa shape index (κ1) is 14.0. The number of nitrogens with zero attached hydrogens (tertiary/aromatic N) is 2. The molecule has 3 aromatic rings. The van der Waals surface area contributed by atoms with Crippen LogP contribution in [0.25, 0.3) is 10.2 Å². The van der Waals surface area contributed by atoms with E-state index in [-0.39, 0.29) is 17.3 Å². The molecule has 0 aliphatic rings. The van der Waals surface area contributed by atoms with Crippen molar-refractivity contribution in [1.29, 1.82) is 0 Å². The molecule has 3 rings (SSSR count). The zero-order valence-corrected chi connectivity index (χ0v) is 12.0. The molecule has 0 saturated heterocycles. The Morgan fingerprint density at radius 2 is 2.05 bits per heavy atom. The van der Waals surface area contributed by atoms with Crippen molar-refractivity contribution >= 4 is 38.8 Å². The fourth-order valence-electron chi connectivity index (χ4n) is 1.93. The van der Waals surface area contributed by atoms with Crippen LogP contribution < -0.4 is 10.9 Å². The number of nitro groups is 1. The average Bonchev–Trinajstić information content (AvgIpc) is 3.00. The molecule has 2 aromatic carbocycles. The Morgan fingerprint density at radius 1 is 1.23 bits per heavy atom. The number of amides is 1. The van der Waals surface area contributed by atoms with Gasteiger partial charge in [0.1, 0.15) is 5.69 Å².